The van der Waals surface area contributed by atoms with Crippen LogP contribution in [0.5, 0.6) is 0 Å². The Morgan fingerprint density at radius 2 is 2.24 bits per heavy atom. The van der Waals surface area contributed by atoms with Crippen LogP contribution >= 0.6 is 24.4 Å². The van der Waals surface area contributed by atoms with Crippen LogP contribution in [0.15, 0.2) is 18.2 Å². The van der Waals surface area contributed by atoms with E-state index in [1.807, 2.05) is 23.1 Å². The van der Waals surface area contributed by atoms with Crippen molar-refractivity contribution in [2.75, 3.05) is 17.2 Å². The smallest absolute Gasteiger partial charge is 0.227 e. The Morgan fingerprint density at radius 3 is 3.00 bits per heavy atom. The maximum Gasteiger partial charge on any atom is 0.227 e. The molecule has 4 nitrogen and oxygen atoms in total. The van der Waals surface area contributed by atoms with E-state index in [0.29, 0.717) is 12.3 Å². The van der Waals surface area contributed by atoms with Crippen molar-refractivity contribution in [3.63, 3.8) is 0 Å². The second-order valence-corrected chi connectivity index (χ2v) is 5.09. The lowest BCUT2D eigenvalue weighted by Crippen LogP contribution is -2.24. The number of hydrogen-bond donors (Lipinski definition) is 1. The number of amides is 1. The molecule has 3 rings (SSSR count). The molecule has 1 amide bonds. The summed E-state index contributed by atoms with van der Waals surface area (Å²) in [5, 5.41) is 0. The van der Waals surface area contributed by atoms with Gasteiger partial charge in [-0.2, -0.15) is 21.4 Å². The minimum atomic E-state index is 0.173. The van der Waals surface area contributed by atoms with Crippen LogP contribution in [0.25, 0.3) is 11.0 Å². The van der Waals surface area contributed by atoms with E-state index >= 15 is 0 Å². The molecular weight excluding hydrogens is 254 g/mol. The summed E-state index contributed by atoms with van der Waals surface area (Å²) < 4.78 is 8.34. The van der Waals surface area contributed by atoms with Gasteiger partial charge in [0.25, 0.3) is 0 Å². The molecule has 1 aliphatic rings. The first-order valence-corrected chi connectivity index (χ1v) is 6.78. The lowest BCUT2D eigenvalue weighted by molar-refractivity contribution is -0.117. The van der Waals surface area contributed by atoms with Gasteiger partial charge in [-0.05, 0) is 29.9 Å². The summed E-state index contributed by atoms with van der Waals surface area (Å²) in [4.78, 5) is 13.7. The summed E-state index contributed by atoms with van der Waals surface area (Å²) in [5.41, 5.74) is 2.66. The van der Waals surface area contributed by atoms with Crippen LogP contribution in [0.3, 0.4) is 0 Å². The number of rotatable bonds is 2. The van der Waals surface area contributed by atoms with Crippen molar-refractivity contribution in [3.8, 4) is 0 Å². The van der Waals surface area contributed by atoms with Gasteiger partial charge in [0.05, 0.1) is 11.7 Å². The molecule has 0 N–H and O–H groups in total. The Balaban J connectivity index is 1.95. The number of carbonyl (C=O) groups excluding carboxylic acids is 1. The highest BCUT2D eigenvalue weighted by molar-refractivity contribution is 7.80. The van der Waals surface area contributed by atoms with Crippen LogP contribution in [0, 0.1) is 5.92 Å². The molecule has 0 bridgehead atoms. The summed E-state index contributed by atoms with van der Waals surface area (Å²) in [6, 6.07) is 5.77. The van der Waals surface area contributed by atoms with Crippen LogP contribution in [-0.2, 0) is 4.79 Å². The zero-order chi connectivity index (χ0) is 11.8. The normalized spacial score (nSPS) is 20.4. The molecule has 1 aliphatic heterocycles. The van der Waals surface area contributed by atoms with Gasteiger partial charge in [-0.3, -0.25) is 4.79 Å². The fourth-order valence-electron chi connectivity index (χ4n) is 2.09. The Morgan fingerprint density at radius 1 is 1.41 bits per heavy atom. The zero-order valence-corrected chi connectivity index (χ0v) is 10.7. The fraction of sp³-hybridized carbons (Fsp3) is 0.364. The average molecular weight is 265 g/mol. The Hall–Kier alpha value is -1.14. The first kappa shape index (κ1) is 11.0. The summed E-state index contributed by atoms with van der Waals surface area (Å²) in [7, 11) is 0. The Kier molecular flexibility index (Phi) is 2.76. The van der Waals surface area contributed by atoms with Crippen molar-refractivity contribution >= 4 is 47.0 Å². The van der Waals surface area contributed by atoms with E-state index in [2.05, 4.69) is 21.4 Å². The van der Waals surface area contributed by atoms with E-state index in [0.717, 1.165) is 29.0 Å². The number of nitrogens with zero attached hydrogens (tertiary/aromatic N) is 3. The number of benzene rings is 1. The molecule has 0 saturated carbocycles. The third-order valence-corrected chi connectivity index (χ3v) is 4.09. The van der Waals surface area contributed by atoms with Gasteiger partial charge in [0.15, 0.2) is 0 Å². The molecule has 2 heterocycles. The molecule has 2 aromatic rings. The monoisotopic (exact) mass is 265 g/mol. The van der Waals surface area contributed by atoms with Crippen LogP contribution in [0.4, 0.5) is 5.69 Å². The number of aromatic nitrogens is 2. The SMILES string of the molecule is O=C1CC(CS)CN1c1ccc2nsnc2c1. The summed E-state index contributed by atoms with van der Waals surface area (Å²) >= 11 is 5.45. The minimum absolute atomic E-state index is 0.173. The summed E-state index contributed by atoms with van der Waals surface area (Å²) in [6.45, 7) is 0.755. The molecule has 1 aromatic carbocycles. The van der Waals surface area contributed by atoms with Gasteiger partial charge in [-0.15, -0.1) is 0 Å². The highest BCUT2D eigenvalue weighted by Crippen LogP contribution is 2.27. The third kappa shape index (κ3) is 1.91. The highest BCUT2D eigenvalue weighted by atomic mass is 32.1. The lowest BCUT2D eigenvalue weighted by Gasteiger charge is -2.16. The number of anilines is 1. The van der Waals surface area contributed by atoms with Gasteiger partial charge in [0.2, 0.25) is 5.91 Å². The van der Waals surface area contributed by atoms with Crippen molar-refractivity contribution in [3.05, 3.63) is 18.2 Å². The van der Waals surface area contributed by atoms with Gasteiger partial charge in [0.1, 0.15) is 11.0 Å². The number of carbonyl (C=O) groups is 1. The van der Waals surface area contributed by atoms with Crippen molar-refractivity contribution < 1.29 is 4.79 Å². The van der Waals surface area contributed by atoms with Gasteiger partial charge < -0.3 is 4.90 Å². The number of thiol groups is 1. The van der Waals surface area contributed by atoms with E-state index in [9.17, 15) is 4.79 Å². The molecule has 6 heteroatoms. The van der Waals surface area contributed by atoms with E-state index in [4.69, 9.17) is 0 Å². The molecule has 1 aromatic heterocycles. The van der Waals surface area contributed by atoms with Crippen LogP contribution in [-0.4, -0.2) is 27.0 Å². The largest absolute Gasteiger partial charge is 0.312 e. The van der Waals surface area contributed by atoms with E-state index in [1.54, 1.807) is 0 Å². The molecule has 88 valence electrons. The second kappa shape index (κ2) is 4.27. The molecule has 1 fully saturated rings. The van der Waals surface area contributed by atoms with E-state index in [1.165, 1.54) is 11.7 Å². The molecule has 0 spiro atoms. The Labute approximate surface area is 108 Å². The van der Waals surface area contributed by atoms with E-state index in [-0.39, 0.29) is 5.91 Å². The quantitative estimate of drug-likeness (QED) is 0.845. The second-order valence-electron chi connectivity index (χ2n) is 4.19. The standard InChI is InChI=1S/C11H11N3OS2/c15-11-3-7(6-16)5-14(11)8-1-2-9-10(4-8)13-17-12-9/h1-2,4,7,16H,3,5-6H2. The molecule has 1 unspecified atom stereocenters. The highest BCUT2D eigenvalue weighted by Gasteiger charge is 2.29. The predicted molar refractivity (Wildman–Crippen MR) is 71.7 cm³/mol. The molecule has 0 aliphatic carbocycles. The van der Waals surface area contributed by atoms with E-state index < -0.39 is 0 Å². The van der Waals surface area contributed by atoms with Gasteiger partial charge in [0, 0.05) is 18.7 Å². The molecule has 17 heavy (non-hydrogen) atoms. The maximum absolute atomic E-state index is 11.9. The summed E-state index contributed by atoms with van der Waals surface area (Å²) in [6.07, 6.45) is 0.594. The van der Waals surface area contributed by atoms with Crippen molar-refractivity contribution in [1.82, 2.24) is 8.75 Å². The number of fused-ring (bicyclic) bond motifs is 1. The average Bonchev–Trinajstić information content (AvgIpc) is 2.93. The van der Waals surface area contributed by atoms with Crippen LogP contribution in [0.2, 0.25) is 0 Å². The summed E-state index contributed by atoms with van der Waals surface area (Å²) in [5.74, 6) is 1.28. The van der Waals surface area contributed by atoms with Crippen LogP contribution < -0.4 is 4.90 Å². The zero-order valence-electron chi connectivity index (χ0n) is 9.04. The lowest BCUT2D eigenvalue weighted by atomic mass is 10.1. The third-order valence-electron chi connectivity index (χ3n) is 3.01. The molecule has 1 saturated heterocycles. The van der Waals surface area contributed by atoms with Gasteiger partial charge in [-0.25, -0.2) is 0 Å². The first-order valence-electron chi connectivity index (χ1n) is 5.41. The minimum Gasteiger partial charge on any atom is -0.312 e. The first-order chi connectivity index (χ1) is 8.28. The molecular formula is C11H11N3OS2. The van der Waals surface area contributed by atoms with Crippen LogP contribution in [0.1, 0.15) is 6.42 Å². The molecule has 0 radical (unpaired) electrons. The topological polar surface area (TPSA) is 46.1 Å². The van der Waals surface area contributed by atoms with Gasteiger partial charge >= 0.3 is 0 Å². The van der Waals surface area contributed by atoms with Gasteiger partial charge in [-0.1, -0.05) is 0 Å². The number of hydrogen-bond acceptors (Lipinski definition) is 5. The van der Waals surface area contributed by atoms with Crippen molar-refractivity contribution in [2.45, 2.75) is 6.42 Å². The Bertz CT molecular complexity index is 569. The predicted octanol–water partition coefficient (Wildman–Crippen LogP) is 1.97. The maximum atomic E-state index is 11.9. The van der Waals surface area contributed by atoms with Crippen molar-refractivity contribution in [2.24, 2.45) is 5.92 Å². The molecule has 1 atom stereocenters. The fourth-order valence-corrected chi connectivity index (χ4v) is 2.85. The van der Waals surface area contributed by atoms with Crippen molar-refractivity contribution in [1.29, 1.82) is 0 Å².